The summed E-state index contributed by atoms with van der Waals surface area (Å²) in [5.74, 6) is -0.693. The quantitative estimate of drug-likeness (QED) is 0.906. The SMILES string of the molecule is COc1ccc(CNc2c(F)cccc2F)cc1Cl. The summed E-state index contributed by atoms with van der Waals surface area (Å²) in [5, 5.41) is 3.17. The Morgan fingerprint density at radius 1 is 1.16 bits per heavy atom. The zero-order valence-electron chi connectivity index (χ0n) is 10.2. The van der Waals surface area contributed by atoms with Crippen molar-refractivity contribution in [2.24, 2.45) is 0 Å². The lowest BCUT2D eigenvalue weighted by molar-refractivity contribution is 0.415. The molecule has 0 bridgehead atoms. The molecule has 19 heavy (non-hydrogen) atoms. The van der Waals surface area contributed by atoms with E-state index in [1.807, 2.05) is 0 Å². The Bertz CT molecular complexity index is 569. The maximum Gasteiger partial charge on any atom is 0.149 e. The van der Waals surface area contributed by atoms with E-state index >= 15 is 0 Å². The van der Waals surface area contributed by atoms with E-state index in [1.54, 1.807) is 18.2 Å². The Morgan fingerprint density at radius 3 is 2.42 bits per heavy atom. The molecule has 2 aromatic carbocycles. The van der Waals surface area contributed by atoms with E-state index in [4.69, 9.17) is 16.3 Å². The van der Waals surface area contributed by atoms with Gasteiger partial charge in [-0.05, 0) is 29.8 Å². The topological polar surface area (TPSA) is 21.3 Å². The number of halogens is 3. The summed E-state index contributed by atoms with van der Waals surface area (Å²) >= 11 is 5.97. The molecule has 1 N–H and O–H groups in total. The molecule has 2 aromatic rings. The highest BCUT2D eigenvalue weighted by Crippen LogP contribution is 2.26. The molecule has 0 aliphatic heterocycles. The average Bonchev–Trinajstić information content (AvgIpc) is 2.38. The Morgan fingerprint density at radius 2 is 1.84 bits per heavy atom. The molecule has 0 amide bonds. The van der Waals surface area contributed by atoms with Crippen molar-refractivity contribution in [3.8, 4) is 5.75 Å². The van der Waals surface area contributed by atoms with E-state index in [2.05, 4.69) is 5.32 Å². The molecule has 0 aromatic heterocycles. The monoisotopic (exact) mass is 283 g/mol. The van der Waals surface area contributed by atoms with Gasteiger partial charge in [0.15, 0.2) is 0 Å². The minimum absolute atomic E-state index is 0.144. The van der Waals surface area contributed by atoms with E-state index < -0.39 is 11.6 Å². The second-order valence-corrected chi connectivity index (χ2v) is 4.33. The number of hydrogen-bond donors (Lipinski definition) is 1. The number of para-hydroxylation sites is 1. The van der Waals surface area contributed by atoms with Gasteiger partial charge in [-0.1, -0.05) is 23.7 Å². The number of ether oxygens (including phenoxy) is 1. The average molecular weight is 284 g/mol. The van der Waals surface area contributed by atoms with Crippen LogP contribution in [0.25, 0.3) is 0 Å². The predicted molar refractivity (Wildman–Crippen MR) is 71.7 cm³/mol. The van der Waals surface area contributed by atoms with E-state index in [0.717, 1.165) is 5.56 Å². The molecule has 0 aliphatic rings. The Hall–Kier alpha value is -1.81. The molecule has 0 spiro atoms. The van der Waals surface area contributed by atoms with Crippen LogP contribution in [0.4, 0.5) is 14.5 Å². The number of nitrogens with one attached hydrogen (secondary N) is 1. The van der Waals surface area contributed by atoms with Gasteiger partial charge in [0.05, 0.1) is 12.1 Å². The van der Waals surface area contributed by atoms with Gasteiger partial charge in [0.2, 0.25) is 0 Å². The van der Waals surface area contributed by atoms with Crippen molar-refractivity contribution >= 4 is 17.3 Å². The summed E-state index contributed by atoms with van der Waals surface area (Å²) in [6.07, 6.45) is 0. The van der Waals surface area contributed by atoms with Crippen molar-refractivity contribution in [3.05, 3.63) is 58.6 Å². The van der Waals surface area contributed by atoms with Gasteiger partial charge in [-0.2, -0.15) is 0 Å². The second kappa shape index (κ2) is 5.89. The molecule has 0 radical (unpaired) electrons. The smallest absolute Gasteiger partial charge is 0.149 e. The molecule has 5 heteroatoms. The molecule has 2 rings (SSSR count). The molecule has 0 atom stereocenters. The third-order valence-electron chi connectivity index (χ3n) is 2.65. The fourth-order valence-electron chi connectivity index (χ4n) is 1.68. The van der Waals surface area contributed by atoms with Crippen molar-refractivity contribution < 1.29 is 13.5 Å². The number of anilines is 1. The first-order chi connectivity index (χ1) is 9.11. The van der Waals surface area contributed by atoms with Gasteiger partial charge in [-0.15, -0.1) is 0 Å². The zero-order valence-corrected chi connectivity index (χ0v) is 11.0. The second-order valence-electron chi connectivity index (χ2n) is 3.92. The summed E-state index contributed by atoms with van der Waals surface area (Å²) in [6, 6.07) is 8.89. The molecule has 0 aliphatic carbocycles. The van der Waals surface area contributed by atoms with Crippen LogP contribution in [0.3, 0.4) is 0 Å². The van der Waals surface area contributed by atoms with Crippen LogP contribution in [0.5, 0.6) is 5.75 Å². The lowest BCUT2D eigenvalue weighted by Gasteiger charge is -2.10. The standard InChI is InChI=1S/C14H12ClF2NO/c1-19-13-6-5-9(7-10(13)15)8-18-14-11(16)3-2-4-12(14)17/h2-7,18H,8H2,1H3. The summed E-state index contributed by atoms with van der Waals surface area (Å²) < 4.78 is 31.8. The maximum atomic E-state index is 13.4. The summed E-state index contributed by atoms with van der Waals surface area (Å²) in [7, 11) is 1.52. The van der Waals surface area contributed by atoms with E-state index in [1.165, 1.54) is 25.3 Å². The van der Waals surface area contributed by atoms with Crippen molar-refractivity contribution in [3.63, 3.8) is 0 Å². The van der Waals surface area contributed by atoms with E-state index in [-0.39, 0.29) is 12.2 Å². The number of rotatable bonds is 4. The van der Waals surface area contributed by atoms with Gasteiger partial charge in [-0.3, -0.25) is 0 Å². The van der Waals surface area contributed by atoms with Gasteiger partial charge >= 0.3 is 0 Å². The van der Waals surface area contributed by atoms with Gasteiger partial charge in [0.1, 0.15) is 23.1 Å². The molecular formula is C14H12ClF2NO. The highest BCUT2D eigenvalue weighted by molar-refractivity contribution is 6.32. The minimum atomic E-state index is -0.625. The molecule has 0 heterocycles. The Kier molecular flexibility index (Phi) is 4.22. The number of hydrogen-bond acceptors (Lipinski definition) is 2. The Balaban J connectivity index is 2.13. The normalized spacial score (nSPS) is 10.3. The highest BCUT2D eigenvalue weighted by Gasteiger charge is 2.08. The van der Waals surface area contributed by atoms with Crippen molar-refractivity contribution in [2.75, 3.05) is 12.4 Å². The molecule has 0 saturated carbocycles. The molecule has 100 valence electrons. The lowest BCUT2D eigenvalue weighted by Crippen LogP contribution is -2.03. The van der Waals surface area contributed by atoms with Crippen LogP contribution >= 0.6 is 11.6 Å². The maximum absolute atomic E-state index is 13.4. The van der Waals surface area contributed by atoms with E-state index in [0.29, 0.717) is 10.8 Å². The van der Waals surface area contributed by atoms with Crippen LogP contribution in [0.15, 0.2) is 36.4 Å². The fourth-order valence-corrected chi connectivity index (χ4v) is 1.96. The van der Waals surface area contributed by atoms with Gasteiger partial charge < -0.3 is 10.1 Å². The predicted octanol–water partition coefficient (Wildman–Crippen LogP) is 4.24. The first-order valence-corrected chi connectivity index (χ1v) is 6.00. The molecule has 0 saturated heterocycles. The van der Waals surface area contributed by atoms with Gasteiger partial charge in [0.25, 0.3) is 0 Å². The van der Waals surface area contributed by atoms with Crippen molar-refractivity contribution in [2.45, 2.75) is 6.54 Å². The van der Waals surface area contributed by atoms with Crippen LogP contribution in [-0.4, -0.2) is 7.11 Å². The third-order valence-corrected chi connectivity index (χ3v) is 2.94. The summed E-state index contributed by atoms with van der Waals surface area (Å²) in [5.41, 5.74) is 0.655. The minimum Gasteiger partial charge on any atom is -0.495 e. The number of methoxy groups -OCH3 is 1. The van der Waals surface area contributed by atoms with Gasteiger partial charge in [0, 0.05) is 6.54 Å². The van der Waals surface area contributed by atoms with Crippen LogP contribution in [0, 0.1) is 11.6 Å². The van der Waals surface area contributed by atoms with E-state index in [9.17, 15) is 8.78 Å². The summed E-state index contributed by atoms with van der Waals surface area (Å²) in [4.78, 5) is 0. The van der Waals surface area contributed by atoms with Crippen molar-refractivity contribution in [1.29, 1.82) is 0 Å². The van der Waals surface area contributed by atoms with Gasteiger partial charge in [-0.25, -0.2) is 8.78 Å². The Labute approximate surface area is 115 Å². The van der Waals surface area contributed by atoms with Crippen LogP contribution < -0.4 is 10.1 Å². The number of benzene rings is 2. The molecule has 0 unspecified atom stereocenters. The molecule has 2 nitrogen and oxygen atoms in total. The fraction of sp³-hybridized carbons (Fsp3) is 0.143. The zero-order chi connectivity index (χ0) is 13.8. The third kappa shape index (κ3) is 3.15. The lowest BCUT2D eigenvalue weighted by atomic mass is 10.2. The first kappa shape index (κ1) is 13.6. The summed E-state index contributed by atoms with van der Waals surface area (Å²) in [6.45, 7) is 0.265. The molecular weight excluding hydrogens is 272 g/mol. The van der Waals surface area contributed by atoms with Crippen molar-refractivity contribution in [1.82, 2.24) is 0 Å². The first-order valence-electron chi connectivity index (χ1n) is 5.62. The highest BCUT2D eigenvalue weighted by atomic mass is 35.5. The van der Waals surface area contributed by atoms with Crippen LogP contribution in [-0.2, 0) is 6.54 Å². The largest absolute Gasteiger partial charge is 0.495 e. The van der Waals surface area contributed by atoms with Crippen LogP contribution in [0.1, 0.15) is 5.56 Å². The molecule has 0 fully saturated rings. The van der Waals surface area contributed by atoms with Crippen LogP contribution in [0.2, 0.25) is 5.02 Å².